The molecular formula is C23H19BrCl2N4O. The zero-order valence-electron chi connectivity index (χ0n) is 17.0. The predicted molar refractivity (Wildman–Crippen MR) is 126 cm³/mol. The Morgan fingerprint density at radius 2 is 1.84 bits per heavy atom. The van der Waals surface area contributed by atoms with Crippen LogP contribution in [0, 0.1) is 0 Å². The van der Waals surface area contributed by atoms with Crippen LogP contribution >= 0.6 is 39.1 Å². The summed E-state index contributed by atoms with van der Waals surface area (Å²) in [5.41, 5.74) is 4.37. The van der Waals surface area contributed by atoms with Gasteiger partial charge in [0.05, 0.1) is 16.4 Å². The Morgan fingerprint density at radius 3 is 2.48 bits per heavy atom. The van der Waals surface area contributed by atoms with Crippen LogP contribution in [-0.2, 0) is 11.8 Å². The Bertz CT molecular complexity index is 1280. The van der Waals surface area contributed by atoms with Gasteiger partial charge in [0.2, 0.25) is 5.89 Å². The SMILES string of the molecule is CCc1c(-c2nnc(C3(C)CC3)o2)nn(-c2ccc(Cl)cc2Cl)c1-c1ccc(Br)cc1. The third-order valence-electron chi connectivity index (χ3n) is 5.74. The number of rotatable bonds is 5. The molecule has 2 aromatic heterocycles. The summed E-state index contributed by atoms with van der Waals surface area (Å²) in [6.07, 6.45) is 2.86. The Labute approximate surface area is 198 Å². The smallest absolute Gasteiger partial charge is 0.268 e. The lowest BCUT2D eigenvalue weighted by Crippen LogP contribution is -2.01. The predicted octanol–water partition coefficient (Wildman–Crippen LogP) is 7.27. The second-order valence-corrected chi connectivity index (χ2v) is 9.78. The number of benzene rings is 2. The zero-order valence-corrected chi connectivity index (χ0v) is 20.1. The fraction of sp³-hybridized carbons (Fsp3) is 0.261. The molecule has 8 heteroatoms. The second-order valence-electron chi connectivity index (χ2n) is 8.02. The third kappa shape index (κ3) is 3.71. The van der Waals surface area contributed by atoms with Gasteiger partial charge in [0, 0.05) is 26.0 Å². The van der Waals surface area contributed by atoms with Crippen molar-refractivity contribution >= 4 is 39.1 Å². The van der Waals surface area contributed by atoms with Gasteiger partial charge >= 0.3 is 0 Å². The van der Waals surface area contributed by atoms with E-state index in [4.69, 9.17) is 32.7 Å². The Balaban J connectivity index is 1.74. The van der Waals surface area contributed by atoms with Crippen LogP contribution in [0.25, 0.3) is 28.5 Å². The van der Waals surface area contributed by atoms with Gasteiger partial charge in [-0.25, -0.2) is 4.68 Å². The van der Waals surface area contributed by atoms with E-state index in [0.29, 0.717) is 27.5 Å². The monoisotopic (exact) mass is 516 g/mol. The molecule has 0 radical (unpaired) electrons. The van der Waals surface area contributed by atoms with E-state index in [-0.39, 0.29) is 5.41 Å². The van der Waals surface area contributed by atoms with Crippen molar-refractivity contribution in [2.24, 2.45) is 0 Å². The Kier molecular flexibility index (Phi) is 5.19. The van der Waals surface area contributed by atoms with Gasteiger partial charge in [-0.15, -0.1) is 10.2 Å². The van der Waals surface area contributed by atoms with E-state index in [1.807, 2.05) is 22.9 Å². The normalized spacial score (nSPS) is 14.7. The van der Waals surface area contributed by atoms with E-state index in [0.717, 1.165) is 46.2 Å². The average molecular weight is 518 g/mol. The van der Waals surface area contributed by atoms with Gasteiger partial charge in [0.1, 0.15) is 0 Å². The molecule has 0 amide bonds. The molecule has 2 heterocycles. The highest BCUT2D eigenvalue weighted by Crippen LogP contribution is 2.47. The summed E-state index contributed by atoms with van der Waals surface area (Å²) in [5.74, 6) is 1.11. The van der Waals surface area contributed by atoms with E-state index < -0.39 is 0 Å². The summed E-state index contributed by atoms with van der Waals surface area (Å²) >= 11 is 16.2. The van der Waals surface area contributed by atoms with E-state index in [1.165, 1.54) is 0 Å². The molecule has 1 saturated carbocycles. The first-order valence-corrected chi connectivity index (χ1v) is 11.6. The number of nitrogens with zero attached hydrogens (tertiary/aromatic N) is 4. The lowest BCUT2D eigenvalue weighted by atomic mass is 10.0. The van der Waals surface area contributed by atoms with Crippen molar-refractivity contribution in [1.82, 2.24) is 20.0 Å². The molecular weight excluding hydrogens is 499 g/mol. The highest BCUT2D eigenvalue weighted by molar-refractivity contribution is 9.10. The molecule has 158 valence electrons. The van der Waals surface area contributed by atoms with Crippen LogP contribution in [0.5, 0.6) is 0 Å². The van der Waals surface area contributed by atoms with Crippen molar-refractivity contribution in [2.75, 3.05) is 0 Å². The van der Waals surface area contributed by atoms with Gasteiger partial charge in [0.25, 0.3) is 5.89 Å². The highest BCUT2D eigenvalue weighted by atomic mass is 79.9. The minimum absolute atomic E-state index is 0.00574. The van der Waals surface area contributed by atoms with Crippen LogP contribution in [0.4, 0.5) is 0 Å². The molecule has 4 aromatic rings. The summed E-state index contributed by atoms with van der Waals surface area (Å²) in [5, 5.41) is 14.6. The molecule has 0 bridgehead atoms. The second kappa shape index (κ2) is 7.76. The van der Waals surface area contributed by atoms with Gasteiger partial charge in [-0.2, -0.15) is 5.10 Å². The van der Waals surface area contributed by atoms with Crippen LogP contribution in [0.3, 0.4) is 0 Å². The number of hydrogen-bond donors (Lipinski definition) is 0. The van der Waals surface area contributed by atoms with Crippen LogP contribution in [-0.4, -0.2) is 20.0 Å². The first kappa shape index (κ1) is 20.7. The molecule has 0 N–H and O–H groups in total. The van der Waals surface area contributed by atoms with Crippen LogP contribution < -0.4 is 0 Å². The van der Waals surface area contributed by atoms with E-state index >= 15 is 0 Å². The summed E-state index contributed by atoms with van der Waals surface area (Å²) in [4.78, 5) is 0. The largest absolute Gasteiger partial charge is 0.419 e. The molecule has 0 saturated heterocycles. The van der Waals surface area contributed by atoms with Gasteiger partial charge in [-0.1, -0.05) is 65.1 Å². The zero-order chi connectivity index (χ0) is 21.8. The van der Waals surface area contributed by atoms with Crippen molar-refractivity contribution in [3.63, 3.8) is 0 Å². The van der Waals surface area contributed by atoms with Gasteiger partial charge in [-0.3, -0.25) is 0 Å². The lowest BCUT2D eigenvalue weighted by molar-refractivity contribution is 0.457. The average Bonchev–Trinajstić information content (AvgIpc) is 3.16. The molecule has 0 unspecified atom stereocenters. The van der Waals surface area contributed by atoms with Gasteiger partial charge in [-0.05, 0) is 49.6 Å². The summed E-state index contributed by atoms with van der Waals surface area (Å²) in [6, 6.07) is 13.5. The molecule has 31 heavy (non-hydrogen) atoms. The Hall–Kier alpha value is -2.15. The van der Waals surface area contributed by atoms with Gasteiger partial charge in [0.15, 0.2) is 5.69 Å². The summed E-state index contributed by atoms with van der Waals surface area (Å²) in [6.45, 7) is 4.24. The van der Waals surface area contributed by atoms with Crippen molar-refractivity contribution in [3.8, 4) is 28.5 Å². The van der Waals surface area contributed by atoms with Crippen LogP contribution in [0.2, 0.25) is 10.0 Å². The highest BCUT2D eigenvalue weighted by Gasteiger charge is 2.44. The minimum atomic E-state index is -0.00574. The maximum Gasteiger partial charge on any atom is 0.268 e. The Morgan fingerprint density at radius 1 is 1.10 bits per heavy atom. The molecule has 0 spiro atoms. The van der Waals surface area contributed by atoms with Crippen molar-refractivity contribution < 1.29 is 4.42 Å². The first-order chi connectivity index (χ1) is 14.9. The van der Waals surface area contributed by atoms with E-state index in [1.54, 1.807) is 12.1 Å². The minimum Gasteiger partial charge on any atom is -0.419 e. The topological polar surface area (TPSA) is 56.7 Å². The maximum absolute atomic E-state index is 6.57. The molecule has 5 rings (SSSR count). The number of halogens is 3. The molecule has 2 aromatic carbocycles. The molecule has 1 aliphatic carbocycles. The summed E-state index contributed by atoms with van der Waals surface area (Å²) < 4.78 is 8.94. The quantitative estimate of drug-likeness (QED) is 0.279. The molecule has 0 aliphatic heterocycles. The number of hydrogen-bond acceptors (Lipinski definition) is 4. The molecule has 1 aliphatic rings. The standard InChI is InChI=1S/C23H19BrCl2N4O/c1-3-16-19(21-27-28-22(31-21)23(2)10-11-23)29-30(18-9-8-15(25)12-17(18)26)20(16)13-4-6-14(24)7-5-13/h4-9,12H,3,10-11H2,1-2H3. The van der Waals surface area contributed by atoms with E-state index in [2.05, 4.69) is 52.1 Å². The molecule has 0 atom stereocenters. The lowest BCUT2D eigenvalue weighted by Gasteiger charge is -2.11. The fourth-order valence-corrected chi connectivity index (χ4v) is 4.41. The van der Waals surface area contributed by atoms with E-state index in [9.17, 15) is 0 Å². The number of aromatic nitrogens is 4. The van der Waals surface area contributed by atoms with Crippen LogP contribution in [0.15, 0.2) is 51.4 Å². The molecule has 5 nitrogen and oxygen atoms in total. The third-order valence-corrected chi connectivity index (χ3v) is 6.80. The van der Waals surface area contributed by atoms with Crippen LogP contribution in [0.1, 0.15) is 38.1 Å². The summed E-state index contributed by atoms with van der Waals surface area (Å²) in [7, 11) is 0. The fourth-order valence-electron chi connectivity index (χ4n) is 3.65. The maximum atomic E-state index is 6.57. The van der Waals surface area contributed by atoms with Gasteiger partial charge < -0.3 is 4.42 Å². The van der Waals surface area contributed by atoms with Crippen molar-refractivity contribution in [3.05, 3.63) is 68.4 Å². The van der Waals surface area contributed by atoms with Crippen molar-refractivity contribution in [2.45, 2.75) is 38.5 Å². The molecule has 1 fully saturated rings. The van der Waals surface area contributed by atoms with Crippen molar-refractivity contribution in [1.29, 1.82) is 0 Å². The first-order valence-electron chi connectivity index (χ1n) is 10.1.